The zero-order valence-electron chi connectivity index (χ0n) is 66.4. The fraction of sp³-hybridized carbons (Fsp3) is 0.173. The summed E-state index contributed by atoms with van der Waals surface area (Å²) in [6.07, 6.45) is 18.1. The lowest BCUT2D eigenvalue weighted by atomic mass is 10.0. The number of carboxylic acids is 1. The van der Waals surface area contributed by atoms with Crippen molar-refractivity contribution in [2.75, 3.05) is 66.4 Å². The van der Waals surface area contributed by atoms with E-state index in [2.05, 4.69) is 134 Å². The summed E-state index contributed by atoms with van der Waals surface area (Å²) in [4.78, 5) is 138. The number of carbonyl (C=O) groups excluding carboxylic acids is 4. The number of aromatic carboxylic acids is 1. The Bertz CT molecular complexity index is 6790. The van der Waals surface area contributed by atoms with Crippen molar-refractivity contribution in [3.63, 3.8) is 0 Å². The number of imidazole rings is 5. The second kappa shape index (κ2) is 35.1. The molecule has 13 aromatic heterocycles. The number of rotatable bonds is 18. The van der Waals surface area contributed by atoms with E-state index in [1.807, 2.05) is 156 Å². The fourth-order valence-corrected chi connectivity index (χ4v) is 12.9. The molecule has 4 aromatic carbocycles. The number of amides is 8. The quantitative estimate of drug-likeness (QED) is 0.0379. The number of carboxylic acid groups (broad SMARTS) is 1. The van der Waals surface area contributed by atoms with Crippen LogP contribution < -0.4 is 58.6 Å². The Hall–Kier alpha value is -16.5. The maximum absolute atomic E-state index is 12.6. The van der Waals surface area contributed by atoms with E-state index in [0.717, 1.165) is 94.9 Å². The molecule has 17 rings (SSSR count). The molecule has 0 saturated carbocycles. The van der Waals surface area contributed by atoms with Crippen LogP contribution >= 0.6 is 0 Å². The number of carbonyl (C=O) groups is 5. The number of urea groups is 4. The van der Waals surface area contributed by atoms with Crippen molar-refractivity contribution in [2.45, 2.75) is 34.6 Å². The second-order valence-electron chi connectivity index (χ2n) is 27.3. The molecular formula is C81H81N31O8. The van der Waals surface area contributed by atoms with Gasteiger partial charge in [-0.25, -0.2) is 63.2 Å². The normalized spacial score (nSPS) is 11.0. The van der Waals surface area contributed by atoms with E-state index in [1.54, 1.807) is 75.0 Å². The van der Waals surface area contributed by atoms with Crippen molar-refractivity contribution in [3.8, 4) is 78.5 Å². The number of pyridine rings is 4. The number of hydrogen-bond acceptors (Lipinski definition) is 20. The smallest absolute Gasteiger partial charge is 0.338 e. The van der Waals surface area contributed by atoms with Crippen LogP contribution in [0.2, 0.25) is 0 Å². The van der Waals surface area contributed by atoms with Gasteiger partial charge in [0.15, 0.2) is 5.65 Å². The van der Waals surface area contributed by atoms with Crippen LogP contribution in [0.1, 0.15) is 43.7 Å². The topological polar surface area (TPSA) is 497 Å². The van der Waals surface area contributed by atoms with Gasteiger partial charge in [0.2, 0.25) is 23.8 Å². The summed E-state index contributed by atoms with van der Waals surface area (Å²) in [7, 11) is 9.17. The lowest BCUT2D eigenvalue weighted by Gasteiger charge is -2.13. The van der Waals surface area contributed by atoms with Crippen molar-refractivity contribution in [1.29, 1.82) is 0 Å². The van der Waals surface area contributed by atoms with Gasteiger partial charge < -0.3 is 60.3 Å². The molecule has 0 saturated heterocycles. The summed E-state index contributed by atoms with van der Waals surface area (Å²) < 4.78 is 7.82. The number of H-pyrrole nitrogens is 5. The van der Waals surface area contributed by atoms with Gasteiger partial charge in [-0.3, -0.25) is 55.5 Å². The van der Waals surface area contributed by atoms with Crippen LogP contribution in [0.3, 0.4) is 0 Å². The van der Waals surface area contributed by atoms with Gasteiger partial charge in [0, 0.05) is 168 Å². The second-order valence-corrected chi connectivity index (χ2v) is 27.3. The number of nitrogens with one attached hydrogen (secondary N) is 13. The first kappa shape index (κ1) is 80.1. The number of aromatic amines is 5. The molecule has 0 aliphatic carbocycles. The number of nitrogens with zero attached hydrogens (tertiary/aromatic N) is 18. The van der Waals surface area contributed by atoms with Gasteiger partial charge in [0.05, 0.1) is 86.0 Å². The highest BCUT2D eigenvalue weighted by Gasteiger charge is 2.23. The van der Waals surface area contributed by atoms with Crippen molar-refractivity contribution >= 4 is 115 Å². The van der Waals surface area contributed by atoms with Crippen molar-refractivity contribution in [3.05, 3.63) is 210 Å². The van der Waals surface area contributed by atoms with E-state index in [9.17, 15) is 38.7 Å². The third-order valence-corrected chi connectivity index (χ3v) is 18.6. The monoisotopic (exact) mass is 1620 g/mol. The largest absolute Gasteiger partial charge is 0.478 e. The van der Waals surface area contributed by atoms with Gasteiger partial charge >= 0.3 is 30.1 Å². The first-order chi connectivity index (χ1) is 58.0. The van der Waals surface area contributed by atoms with Crippen LogP contribution in [0.15, 0.2) is 187 Å². The molecule has 13 heterocycles. The number of benzene rings is 4. The Kier molecular flexibility index (Phi) is 23.4. The first-order valence-corrected chi connectivity index (χ1v) is 37.6. The molecule has 0 atom stereocenters. The number of hydrogen-bond donors (Lipinski definition) is 14. The lowest BCUT2D eigenvalue weighted by Crippen LogP contribution is -2.28. The van der Waals surface area contributed by atoms with Crippen LogP contribution in [0.4, 0.5) is 48.7 Å². The first-order valence-electron chi connectivity index (χ1n) is 37.6. The molecule has 14 N–H and O–H groups in total. The Morgan fingerprint density at radius 2 is 0.975 bits per heavy atom. The molecule has 0 aliphatic rings. The van der Waals surface area contributed by atoms with Gasteiger partial charge in [0.1, 0.15) is 16.6 Å². The number of fused-ring (bicyclic) bond motifs is 5. The van der Waals surface area contributed by atoms with E-state index in [4.69, 9.17) is 0 Å². The molecule has 17 aromatic rings. The molecule has 0 spiro atoms. The van der Waals surface area contributed by atoms with E-state index in [0.29, 0.717) is 94.4 Å². The predicted octanol–water partition coefficient (Wildman–Crippen LogP) is 10.9. The minimum Gasteiger partial charge on any atom is -0.478 e. The summed E-state index contributed by atoms with van der Waals surface area (Å²) in [6, 6.07) is 32.5. The van der Waals surface area contributed by atoms with Gasteiger partial charge in [-0.15, -0.1) is 0 Å². The highest BCUT2D eigenvalue weighted by atomic mass is 16.4. The average molecular weight is 1620 g/mol. The number of anilines is 5. The van der Waals surface area contributed by atoms with Crippen LogP contribution in [0.5, 0.6) is 0 Å². The van der Waals surface area contributed by atoms with Crippen molar-refractivity contribution in [2.24, 2.45) is 21.1 Å². The van der Waals surface area contributed by atoms with Crippen LogP contribution in [0.25, 0.3) is 134 Å². The van der Waals surface area contributed by atoms with Gasteiger partial charge in [-0.2, -0.15) is 15.3 Å². The highest BCUT2D eigenvalue weighted by Crippen LogP contribution is 2.38. The van der Waals surface area contributed by atoms with Gasteiger partial charge in [-0.05, 0) is 136 Å². The van der Waals surface area contributed by atoms with E-state index in [-0.39, 0.29) is 40.7 Å². The third-order valence-electron chi connectivity index (χ3n) is 18.6. The van der Waals surface area contributed by atoms with Gasteiger partial charge in [-0.1, -0.05) is 12.1 Å². The van der Waals surface area contributed by atoms with Crippen LogP contribution in [-0.2, 0) is 21.1 Å². The molecule has 608 valence electrons. The molecule has 0 bridgehead atoms. The Morgan fingerprint density at radius 1 is 0.467 bits per heavy atom. The third kappa shape index (κ3) is 17.7. The number of aromatic nitrogens is 22. The maximum atomic E-state index is 12.6. The van der Waals surface area contributed by atoms with Crippen molar-refractivity contribution < 1.29 is 29.1 Å². The molecule has 0 fully saturated rings. The van der Waals surface area contributed by atoms with E-state index < -0.39 is 12.0 Å². The average Bonchev–Trinajstić information content (AvgIpc) is 1.49. The summed E-state index contributed by atoms with van der Waals surface area (Å²) >= 11 is 0. The van der Waals surface area contributed by atoms with Gasteiger partial charge in [0.25, 0.3) is 11.1 Å². The summed E-state index contributed by atoms with van der Waals surface area (Å²) in [6.45, 7) is 11.3. The molecule has 39 heteroatoms. The Balaban J connectivity index is 0.000000131. The molecule has 0 aliphatic heterocycles. The summed E-state index contributed by atoms with van der Waals surface area (Å²) in [5.74, 6) is 0.151. The predicted molar refractivity (Wildman–Crippen MR) is 456 cm³/mol. The Morgan fingerprint density at radius 3 is 1.46 bits per heavy atom. The van der Waals surface area contributed by atoms with E-state index >= 15 is 0 Å². The molecule has 0 unspecified atom stereocenters. The molecule has 120 heavy (non-hydrogen) atoms. The SMILES string of the molecule is CCNC(=O)Nc1nc2c(-c3cc(C)[nH]n3)cc(-c3cccnc3)cc2[nH]1.CCNC(=O)Nc1nc2c(-c3cc(N(C)C)ccn3)cc(-c3cccnc3)cc2[nH]1.CCNC(=O)Nc1nc2c(-n3cc(C(=O)O)cn3)cc(-c3cc(=O)n(C)cn3)cc2[nH]1.CCNC(=O)Nc1nc2c(-n3cccn3)cc(-c3cc(=O)n(C)c4ncn(C)c34)cc2[nH]1. The summed E-state index contributed by atoms with van der Waals surface area (Å²) in [5, 5.41) is 46.5. The fourth-order valence-electron chi connectivity index (χ4n) is 12.9. The molecule has 8 amide bonds. The zero-order chi connectivity index (χ0) is 84.4. The molecular weight excluding hydrogens is 1540 g/mol. The van der Waals surface area contributed by atoms with E-state index in [1.165, 1.54) is 38.6 Å². The molecule has 39 nitrogen and oxygen atoms in total. The molecule has 0 radical (unpaired) electrons. The Labute approximate surface area is 680 Å². The lowest BCUT2D eigenvalue weighted by molar-refractivity contribution is 0.0696. The standard InChI is InChI=1S/C22H23N7O.C21H21N9O2.C19H18N8O4.C19H19N7O/c1-4-24-22(30)28-21-26-19-11-15(14-6-5-8-23-13-14)10-17(20(19)27-21)18-12-16(29(2)3)7-9-25-18;1-4-22-21(32)27-20-25-14-8-12(9-15(17(14)26-20)30-7-5-6-24-30)13-10-16(31)29(3)19-18(13)28(2)11-23-19;1-3-20-19(31)25-18-23-13-4-10(12-6-15(28)26(2)9-21-12)5-14(16(13)24-18)27-8-11(7-22-27)17(29)30;1-3-21-19(27)24-18-22-16-9-13(12-5-4-6-20-10-12)8-14(17(16)23-18)15-7-11(2)25-26-15/h5-13H,4H2,1-3H3,(H3,24,26,27,28,30);5-11H,4H2,1-3H3,(H3,22,25,26,27,32);4-9H,3H2,1-2H3,(H,29,30)(H3,20,23,24,25,31);4-10H,3H2,1-2H3,(H,25,26)(H3,21,22,23,24,27). The van der Waals surface area contributed by atoms with Crippen molar-refractivity contribution in [1.82, 2.24) is 130 Å². The van der Waals surface area contributed by atoms with Crippen LogP contribution in [0, 0.1) is 6.92 Å². The van der Waals surface area contributed by atoms with Crippen LogP contribution in [-0.4, -0.2) is 184 Å². The summed E-state index contributed by atoms with van der Waals surface area (Å²) in [5.41, 5.74) is 19.4. The maximum Gasteiger partial charge on any atom is 0.338 e. The highest BCUT2D eigenvalue weighted by molar-refractivity contribution is 6.02. The zero-order valence-corrected chi connectivity index (χ0v) is 66.4. The minimum atomic E-state index is -1.12. The number of aryl methyl sites for hydroxylation is 4. The minimum absolute atomic E-state index is 0.00136.